The predicted octanol–water partition coefficient (Wildman–Crippen LogP) is 1.99. The molecule has 1 saturated heterocycles. The zero-order chi connectivity index (χ0) is 10.1. The van der Waals surface area contributed by atoms with E-state index in [2.05, 4.69) is 43.0 Å². The molecule has 1 heterocycles. The smallest absolute Gasteiger partial charge is 0.0889 e. The van der Waals surface area contributed by atoms with E-state index in [9.17, 15) is 5.11 Å². The minimum Gasteiger partial charge on any atom is -0.389 e. The second kappa shape index (κ2) is 3.62. The van der Waals surface area contributed by atoms with Gasteiger partial charge in [0.05, 0.1) is 6.10 Å². The third-order valence-electron chi connectivity index (χ3n) is 2.79. The summed E-state index contributed by atoms with van der Waals surface area (Å²) in [7, 11) is 0. The minimum atomic E-state index is -0.125. The van der Waals surface area contributed by atoms with Crippen LogP contribution in [0.5, 0.6) is 0 Å². The Bertz CT molecular complexity index is 299. The van der Waals surface area contributed by atoms with Crippen LogP contribution in [0.2, 0.25) is 0 Å². The van der Waals surface area contributed by atoms with Gasteiger partial charge in [0.1, 0.15) is 0 Å². The van der Waals surface area contributed by atoms with Gasteiger partial charge in [-0.3, -0.25) is 0 Å². The average molecular weight is 191 g/mol. The molecule has 0 spiro atoms. The van der Waals surface area contributed by atoms with Crippen LogP contribution in [-0.4, -0.2) is 24.3 Å². The van der Waals surface area contributed by atoms with Crippen LogP contribution < -0.4 is 4.90 Å². The van der Waals surface area contributed by atoms with Crippen LogP contribution in [0.1, 0.15) is 25.3 Å². The first-order valence-corrected chi connectivity index (χ1v) is 5.20. The number of anilines is 1. The largest absolute Gasteiger partial charge is 0.389 e. The van der Waals surface area contributed by atoms with Gasteiger partial charge >= 0.3 is 0 Å². The van der Waals surface area contributed by atoms with Crippen molar-refractivity contribution in [1.82, 2.24) is 0 Å². The Morgan fingerprint density at radius 1 is 1.21 bits per heavy atom. The summed E-state index contributed by atoms with van der Waals surface area (Å²) in [6, 6.07) is 8.62. The first-order valence-electron chi connectivity index (χ1n) is 5.20. The van der Waals surface area contributed by atoms with Gasteiger partial charge in [-0.15, -0.1) is 0 Å². The Balaban J connectivity index is 2.07. The highest BCUT2D eigenvalue weighted by Gasteiger charge is 2.24. The van der Waals surface area contributed by atoms with E-state index in [0.29, 0.717) is 5.92 Å². The molecule has 14 heavy (non-hydrogen) atoms. The van der Waals surface area contributed by atoms with Gasteiger partial charge in [0.15, 0.2) is 0 Å². The fourth-order valence-electron chi connectivity index (χ4n) is 1.74. The van der Waals surface area contributed by atoms with Crippen molar-refractivity contribution in [2.75, 3.05) is 18.0 Å². The van der Waals surface area contributed by atoms with Crippen LogP contribution in [0.15, 0.2) is 24.3 Å². The molecular weight excluding hydrogens is 174 g/mol. The summed E-state index contributed by atoms with van der Waals surface area (Å²) in [5.41, 5.74) is 2.59. The highest BCUT2D eigenvalue weighted by molar-refractivity contribution is 5.50. The van der Waals surface area contributed by atoms with Crippen LogP contribution in [0, 0.1) is 0 Å². The standard InChI is InChI=1S/C12H17NO/c1-9(2)10-3-5-11(6-4-10)13-7-12(14)8-13/h3-6,9,12,14H,7-8H2,1-2H3. The molecule has 1 N–H and O–H groups in total. The molecule has 0 amide bonds. The van der Waals surface area contributed by atoms with Crippen molar-refractivity contribution in [3.05, 3.63) is 29.8 Å². The van der Waals surface area contributed by atoms with Crippen LogP contribution in [-0.2, 0) is 0 Å². The van der Waals surface area contributed by atoms with Crippen molar-refractivity contribution < 1.29 is 5.11 Å². The number of aliphatic hydroxyl groups excluding tert-OH is 1. The van der Waals surface area contributed by atoms with E-state index < -0.39 is 0 Å². The van der Waals surface area contributed by atoms with Crippen molar-refractivity contribution in [3.63, 3.8) is 0 Å². The Morgan fingerprint density at radius 2 is 1.79 bits per heavy atom. The van der Waals surface area contributed by atoms with Crippen molar-refractivity contribution in [3.8, 4) is 0 Å². The number of rotatable bonds is 2. The molecule has 0 aromatic heterocycles. The topological polar surface area (TPSA) is 23.5 Å². The lowest BCUT2D eigenvalue weighted by atomic mass is 10.0. The highest BCUT2D eigenvalue weighted by Crippen LogP contribution is 2.23. The molecule has 2 heteroatoms. The van der Waals surface area contributed by atoms with Gasteiger partial charge in [-0.1, -0.05) is 26.0 Å². The summed E-state index contributed by atoms with van der Waals surface area (Å²) < 4.78 is 0. The normalized spacial score (nSPS) is 17.3. The lowest BCUT2D eigenvalue weighted by Crippen LogP contribution is -2.50. The van der Waals surface area contributed by atoms with Gasteiger partial charge in [0.2, 0.25) is 0 Å². The average Bonchev–Trinajstić information content (AvgIpc) is 2.13. The van der Waals surface area contributed by atoms with Crippen molar-refractivity contribution in [2.24, 2.45) is 0 Å². The summed E-state index contributed by atoms with van der Waals surface area (Å²) in [6.07, 6.45) is -0.125. The van der Waals surface area contributed by atoms with E-state index in [1.165, 1.54) is 11.3 Å². The molecule has 0 bridgehead atoms. The van der Waals surface area contributed by atoms with E-state index in [1.54, 1.807) is 0 Å². The van der Waals surface area contributed by atoms with Crippen LogP contribution in [0.4, 0.5) is 5.69 Å². The number of β-amino-alcohol motifs (C(OH)–C–C–N with tert-alkyl or cyclic N) is 1. The van der Waals surface area contributed by atoms with Gasteiger partial charge in [-0.05, 0) is 23.6 Å². The molecule has 1 fully saturated rings. The van der Waals surface area contributed by atoms with Gasteiger partial charge < -0.3 is 10.0 Å². The Labute approximate surface area is 85.2 Å². The third-order valence-corrected chi connectivity index (χ3v) is 2.79. The first-order chi connectivity index (χ1) is 6.66. The van der Waals surface area contributed by atoms with Gasteiger partial charge in [-0.2, -0.15) is 0 Å². The van der Waals surface area contributed by atoms with Gasteiger partial charge in [0.25, 0.3) is 0 Å². The van der Waals surface area contributed by atoms with Crippen molar-refractivity contribution >= 4 is 5.69 Å². The second-order valence-corrected chi connectivity index (χ2v) is 4.31. The lowest BCUT2D eigenvalue weighted by Gasteiger charge is -2.38. The molecule has 1 aromatic rings. The maximum atomic E-state index is 9.18. The van der Waals surface area contributed by atoms with Crippen LogP contribution in [0.3, 0.4) is 0 Å². The Hall–Kier alpha value is -1.02. The Morgan fingerprint density at radius 3 is 2.21 bits per heavy atom. The summed E-state index contributed by atoms with van der Waals surface area (Å²) in [5.74, 6) is 0.589. The molecule has 0 atom stereocenters. The summed E-state index contributed by atoms with van der Waals surface area (Å²) in [4.78, 5) is 2.19. The molecule has 76 valence electrons. The summed E-state index contributed by atoms with van der Waals surface area (Å²) in [6.45, 7) is 5.95. The molecule has 2 rings (SSSR count). The van der Waals surface area contributed by atoms with Crippen LogP contribution >= 0.6 is 0 Å². The monoisotopic (exact) mass is 191 g/mol. The lowest BCUT2D eigenvalue weighted by molar-refractivity contribution is 0.142. The number of benzene rings is 1. The third kappa shape index (κ3) is 1.75. The van der Waals surface area contributed by atoms with E-state index in [0.717, 1.165) is 13.1 Å². The van der Waals surface area contributed by atoms with E-state index in [1.807, 2.05) is 0 Å². The van der Waals surface area contributed by atoms with Gasteiger partial charge in [0, 0.05) is 18.8 Å². The minimum absolute atomic E-state index is 0.125. The molecule has 2 nitrogen and oxygen atoms in total. The Kier molecular flexibility index (Phi) is 2.46. The molecule has 0 aliphatic carbocycles. The summed E-state index contributed by atoms with van der Waals surface area (Å²) >= 11 is 0. The maximum Gasteiger partial charge on any atom is 0.0889 e. The first kappa shape index (κ1) is 9.53. The number of hydrogen-bond acceptors (Lipinski definition) is 2. The van der Waals surface area contributed by atoms with E-state index >= 15 is 0 Å². The zero-order valence-corrected chi connectivity index (χ0v) is 8.77. The van der Waals surface area contributed by atoms with Crippen LogP contribution in [0.25, 0.3) is 0 Å². The second-order valence-electron chi connectivity index (χ2n) is 4.31. The zero-order valence-electron chi connectivity index (χ0n) is 8.77. The number of aliphatic hydroxyl groups is 1. The molecule has 1 aromatic carbocycles. The quantitative estimate of drug-likeness (QED) is 0.772. The summed E-state index contributed by atoms with van der Waals surface area (Å²) in [5, 5.41) is 9.18. The molecular formula is C12H17NO. The molecule has 1 aliphatic rings. The molecule has 0 unspecified atom stereocenters. The predicted molar refractivity (Wildman–Crippen MR) is 58.8 cm³/mol. The highest BCUT2D eigenvalue weighted by atomic mass is 16.3. The number of hydrogen-bond donors (Lipinski definition) is 1. The van der Waals surface area contributed by atoms with E-state index in [-0.39, 0.29) is 6.10 Å². The van der Waals surface area contributed by atoms with Gasteiger partial charge in [-0.25, -0.2) is 0 Å². The van der Waals surface area contributed by atoms with Crippen molar-refractivity contribution in [2.45, 2.75) is 25.9 Å². The number of nitrogens with zero attached hydrogens (tertiary/aromatic N) is 1. The molecule has 1 aliphatic heterocycles. The fraction of sp³-hybridized carbons (Fsp3) is 0.500. The van der Waals surface area contributed by atoms with Crippen molar-refractivity contribution in [1.29, 1.82) is 0 Å². The molecule has 0 saturated carbocycles. The SMILES string of the molecule is CC(C)c1ccc(N2CC(O)C2)cc1. The fourth-order valence-corrected chi connectivity index (χ4v) is 1.74. The maximum absolute atomic E-state index is 9.18. The molecule has 0 radical (unpaired) electrons. The van der Waals surface area contributed by atoms with E-state index in [4.69, 9.17) is 0 Å².